The number of nitrogens with one attached hydrogen (secondary N) is 1. The standard InChI is InChI=1S/C17H21NO/c19-17(15-10-11-5-6-12(15)9-11)14-7-8-18-16-4-2-1-3-13(14)16/h1-4,11-12,14-15,18H,5-10H2. The normalized spacial score (nSPS) is 35.8. The number of Topliss-reactive ketones (excluding diaryl/α,β-unsaturated/α-hetero) is 1. The number of fused-ring (bicyclic) bond motifs is 3. The van der Waals surface area contributed by atoms with Gasteiger partial charge in [-0.05, 0) is 49.1 Å². The van der Waals surface area contributed by atoms with Crippen molar-refractivity contribution in [1.29, 1.82) is 0 Å². The molecule has 2 fully saturated rings. The number of carbonyl (C=O) groups excluding carboxylic acids is 1. The maximum absolute atomic E-state index is 12.9. The molecule has 1 aliphatic heterocycles. The molecule has 0 amide bonds. The topological polar surface area (TPSA) is 29.1 Å². The highest BCUT2D eigenvalue weighted by atomic mass is 16.1. The largest absolute Gasteiger partial charge is 0.385 e. The fraction of sp³-hybridized carbons (Fsp3) is 0.588. The zero-order valence-electron chi connectivity index (χ0n) is 11.3. The van der Waals surface area contributed by atoms with Crippen molar-refractivity contribution in [2.24, 2.45) is 17.8 Å². The molecule has 4 unspecified atom stereocenters. The molecule has 19 heavy (non-hydrogen) atoms. The fourth-order valence-corrected chi connectivity index (χ4v) is 4.62. The van der Waals surface area contributed by atoms with Gasteiger partial charge in [-0.1, -0.05) is 24.6 Å². The van der Waals surface area contributed by atoms with E-state index in [1.54, 1.807) is 0 Å². The number of hydrogen-bond donors (Lipinski definition) is 1. The van der Waals surface area contributed by atoms with E-state index in [1.165, 1.54) is 36.9 Å². The summed E-state index contributed by atoms with van der Waals surface area (Å²) in [6.07, 6.45) is 6.15. The predicted molar refractivity (Wildman–Crippen MR) is 76.2 cm³/mol. The summed E-state index contributed by atoms with van der Waals surface area (Å²) in [5, 5.41) is 3.42. The molecule has 0 spiro atoms. The van der Waals surface area contributed by atoms with Gasteiger partial charge in [0.15, 0.2) is 0 Å². The van der Waals surface area contributed by atoms with E-state index < -0.39 is 0 Å². The minimum Gasteiger partial charge on any atom is -0.385 e. The molecule has 1 heterocycles. The van der Waals surface area contributed by atoms with Gasteiger partial charge in [-0.2, -0.15) is 0 Å². The second kappa shape index (κ2) is 4.36. The first-order chi connectivity index (χ1) is 9.33. The van der Waals surface area contributed by atoms with Crippen LogP contribution >= 0.6 is 0 Å². The highest BCUT2D eigenvalue weighted by molar-refractivity contribution is 5.90. The number of benzene rings is 1. The van der Waals surface area contributed by atoms with E-state index >= 15 is 0 Å². The van der Waals surface area contributed by atoms with E-state index in [4.69, 9.17) is 0 Å². The molecule has 0 aromatic heterocycles. The number of anilines is 1. The lowest BCUT2D eigenvalue weighted by Gasteiger charge is -2.30. The molecule has 2 nitrogen and oxygen atoms in total. The first-order valence-corrected chi connectivity index (χ1v) is 7.69. The van der Waals surface area contributed by atoms with Gasteiger partial charge in [-0.3, -0.25) is 4.79 Å². The Labute approximate surface area is 114 Å². The van der Waals surface area contributed by atoms with Gasteiger partial charge in [0.25, 0.3) is 0 Å². The summed E-state index contributed by atoms with van der Waals surface area (Å²) in [7, 11) is 0. The van der Waals surface area contributed by atoms with Crippen LogP contribution in [0.1, 0.15) is 43.6 Å². The monoisotopic (exact) mass is 255 g/mol. The Morgan fingerprint density at radius 3 is 2.79 bits per heavy atom. The van der Waals surface area contributed by atoms with Gasteiger partial charge in [0, 0.05) is 24.1 Å². The van der Waals surface area contributed by atoms with Gasteiger partial charge in [0.05, 0.1) is 0 Å². The molecular formula is C17H21NO. The summed E-state index contributed by atoms with van der Waals surface area (Å²) in [6.45, 7) is 0.939. The van der Waals surface area contributed by atoms with Crippen LogP contribution in [0, 0.1) is 17.8 Å². The molecule has 0 radical (unpaired) electrons. The lowest BCUT2D eigenvalue weighted by atomic mass is 9.76. The van der Waals surface area contributed by atoms with Crippen LogP contribution in [0.3, 0.4) is 0 Å². The minimum absolute atomic E-state index is 0.154. The maximum Gasteiger partial charge on any atom is 0.143 e. The van der Waals surface area contributed by atoms with Crippen molar-refractivity contribution in [1.82, 2.24) is 0 Å². The van der Waals surface area contributed by atoms with Crippen LogP contribution in [0.25, 0.3) is 0 Å². The Balaban J connectivity index is 1.61. The SMILES string of the molecule is O=C(C1CCNc2ccccc21)C1CC2CCC1C2. The summed E-state index contributed by atoms with van der Waals surface area (Å²) in [4.78, 5) is 12.9. The van der Waals surface area contributed by atoms with Crippen LogP contribution in [0.5, 0.6) is 0 Å². The quantitative estimate of drug-likeness (QED) is 0.875. The minimum atomic E-state index is 0.154. The summed E-state index contributed by atoms with van der Waals surface area (Å²) < 4.78 is 0. The van der Waals surface area contributed by atoms with Gasteiger partial charge in [-0.15, -0.1) is 0 Å². The molecular weight excluding hydrogens is 234 g/mol. The third kappa shape index (κ3) is 1.80. The summed E-state index contributed by atoms with van der Waals surface area (Å²) >= 11 is 0. The molecule has 2 saturated carbocycles. The molecule has 4 atom stereocenters. The first kappa shape index (κ1) is 11.5. The van der Waals surface area contributed by atoms with Crippen molar-refractivity contribution in [3.63, 3.8) is 0 Å². The Morgan fingerprint density at radius 2 is 2.00 bits per heavy atom. The van der Waals surface area contributed by atoms with Crippen molar-refractivity contribution in [2.45, 2.75) is 38.0 Å². The zero-order chi connectivity index (χ0) is 12.8. The van der Waals surface area contributed by atoms with Gasteiger partial charge in [0.1, 0.15) is 5.78 Å². The summed E-state index contributed by atoms with van der Waals surface area (Å²) in [5.74, 6) is 2.63. The van der Waals surface area contributed by atoms with Crippen LogP contribution in [-0.2, 0) is 4.79 Å². The van der Waals surface area contributed by atoms with Crippen LogP contribution < -0.4 is 5.32 Å². The van der Waals surface area contributed by atoms with E-state index in [9.17, 15) is 4.79 Å². The second-order valence-corrected chi connectivity index (χ2v) is 6.54. The van der Waals surface area contributed by atoms with Gasteiger partial charge in [-0.25, -0.2) is 0 Å². The highest BCUT2D eigenvalue weighted by Gasteiger charge is 2.45. The van der Waals surface area contributed by atoms with Crippen molar-refractivity contribution in [3.8, 4) is 0 Å². The van der Waals surface area contributed by atoms with Gasteiger partial charge < -0.3 is 5.32 Å². The average molecular weight is 255 g/mol. The molecule has 2 heteroatoms. The van der Waals surface area contributed by atoms with E-state index in [0.29, 0.717) is 17.6 Å². The molecule has 1 aromatic carbocycles. The third-order valence-electron chi connectivity index (χ3n) is 5.53. The molecule has 100 valence electrons. The number of rotatable bonds is 2. The van der Waals surface area contributed by atoms with E-state index in [2.05, 4.69) is 29.6 Å². The Bertz CT molecular complexity index is 510. The molecule has 1 N–H and O–H groups in total. The predicted octanol–water partition coefficient (Wildman–Crippen LogP) is 3.59. The van der Waals surface area contributed by atoms with Crippen LogP contribution in [0.2, 0.25) is 0 Å². The van der Waals surface area contributed by atoms with Gasteiger partial charge in [0.2, 0.25) is 0 Å². The molecule has 2 aliphatic carbocycles. The lowest BCUT2D eigenvalue weighted by Crippen LogP contribution is -2.30. The third-order valence-corrected chi connectivity index (χ3v) is 5.53. The number of carbonyl (C=O) groups is 1. The van der Waals surface area contributed by atoms with E-state index in [-0.39, 0.29) is 5.92 Å². The number of ketones is 1. The van der Waals surface area contributed by atoms with Crippen molar-refractivity contribution < 1.29 is 4.79 Å². The molecule has 0 saturated heterocycles. The molecule has 3 aliphatic rings. The van der Waals surface area contributed by atoms with Crippen LogP contribution in [0.15, 0.2) is 24.3 Å². The lowest BCUT2D eigenvalue weighted by molar-refractivity contribution is -0.126. The first-order valence-electron chi connectivity index (χ1n) is 7.69. The van der Waals surface area contributed by atoms with Gasteiger partial charge >= 0.3 is 0 Å². The van der Waals surface area contributed by atoms with Crippen molar-refractivity contribution >= 4 is 11.5 Å². The van der Waals surface area contributed by atoms with Crippen LogP contribution in [-0.4, -0.2) is 12.3 Å². The Hall–Kier alpha value is -1.31. The Kier molecular flexibility index (Phi) is 2.64. The highest BCUT2D eigenvalue weighted by Crippen LogP contribution is 2.50. The molecule has 1 aromatic rings. The number of hydrogen-bond acceptors (Lipinski definition) is 2. The molecule has 2 bridgehead atoms. The smallest absolute Gasteiger partial charge is 0.143 e. The Morgan fingerprint density at radius 1 is 1.11 bits per heavy atom. The van der Waals surface area contributed by atoms with E-state index in [0.717, 1.165) is 18.9 Å². The zero-order valence-corrected chi connectivity index (χ0v) is 11.3. The van der Waals surface area contributed by atoms with E-state index in [1.807, 2.05) is 0 Å². The number of para-hydroxylation sites is 1. The fourth-order valence-electron chi connectivity index (χ4n) is 4.62. The molecule has 4 rings (SSSR count). The van der Waals surface area contributed by atoms with Crippen LogP contribution in [0.4, 0.5) is 5.69 Å². The average Bonchev–Trinajstić information content (AvgIpc) is 3.08. The maximum atomic E-state index is 12.9. The van der Waals surface area contributed by atoms with Crippen molar-refractivity contribution in [2.75, 3.05) is 11.9 Å². The summed E-state index contributed by atoms with van der Waals surface area (Å²) in [6, 6.07) is 8.36. The second-order valence-electron chi connectivity index (χ2n) is 6.54. The summed E-state index contributed by atoms with van der Waals surface area (Å²) in [5.41, 5.74) is 2.41. The van der Waals surface area contributed by atoms with Crippen molar-refractivity contribution in [3.05, 3.63) is 29.8 Å².